The third-order valence-corrected chi connectivity index (χ3v) is 1.30. The predicted molar refractivity (Wildman–Crippen MR) is 39.4 cm³/mol. The van der Waals surface area contributed by atoms with Crippen molar-refractivity contribution in [3.05, 3.63) is 29.2 Å². The first kappa shape index (κ1) is 8.45. The van der Waals surface area contributed by atoms with Crippen LogP contribution in [0.15, 0.2) is 23.7 Å². The molecule has 0 aromatic rings. The number of carbonyl (C=O) groups is 1. The molecule has 5 heteroatoms. The zero-order valence-corrected chi connectivity index (χ0v) is 6.77. The van der Waals surface area contributed by atoms with Crippen molar-refractivity contribution in [2.45, 2.75) is 6.92 Å². The van der Waals surface area contributed by atoms with Crippen LogP contribution in [0, 0.1) is 0 Å². The highest BCUT2D eigenvalue weighted by molar-refractivity contribution is 5.74. The zero-order chi connectivity index (χ0) is 9.14. The van der Waals surface area contributed by atoms with Crippen molar-refractivity contribution >= 4 is 6.09 Å². The topological polar surface area (TPSA) is 66.7 Å². The third kappa shape index (κ3) is 1.69. The molecule has 0 spiro atoms. The van der Waals surface area contributed by atoms with Crippen LogP contribution in [0.4, 0.5) is 4.79 Å². The fourth-order valence-corrected chi connectivity index (χ4v) is 0.636. The molecule has 1 fully saturated rings. The SMILES string of the molecule is CC([O-])=CC=C1[N-]OC(=O)N1C. The lowest BCUT2D eigenvalue weighted by Crippen LogP contribution is -2.16. The number of rotatable bonds is 1. The minimum absolute atomic E-state index is 0.106. The van der Waals surface area contributed by atoms with Crippen molar-refractivity contribution in [2.24, 2.45) is 0 Å². The summed E-state index contributed by atoms with van der Waals surface area (Å²) in [4.78, 5) is 16.2. The molecular formula is C7H8N2O3-2. The van der Waals surface area contributed by atoms with Gasteiger partial charge in [0.25, 0.3) is 0 Å². The number of hydrogen-bond acceptors (Lipinski definition) is 3. The maximum absolute atomic E-state index is 10.7. The molecule has 1 aliphatic rings. The fraction of sp³-hybridized carbons (Fsp3) is 0.286. The molecule has 0 aromatic heterocycles. The van der Waals surface area contributed by atoms with Gasteiger partial charge in [0.2, 0.25) is 0 Å². The van der Waals surface area contributed by atoms with E-state index in [0.717, 1.165) is 0 Å². The van der Waals surface area contributed by atoms with E-state index in [2.05, 4.69) is 10.3 Å². The number of amides is 1. The molecule has 66 valence electrons. The van der Waals surface area contributed by atoms with E-state index in [1.807, 2.05) is 0 Å². The Morgan fingerprint density at radius 3 is 2.83 bits per heavy atom. The molecule has 0 aliphatic carbocycles. The average Bonchev–Trinajstić information content (AvgIpc) is 2.30. The standard InChI is InChI=1S/C7H9N2O3/c1-5(10)3-4-6-8-12-7(11)9(6)2/h3-4,10H,1-2H3/q-1/p-1. The van der Waals surface area contributed by atoms with Gasteiger partial charge in [-0.15, -0.1) is 5.76 Å². The maximum atomic E-state index is 10.7. The van der Waals surface area contributed by atoms with Crippen LogP contribution in [-0.2, 0) is 4.84 Å². The fourth-order valence-electron chi connectivity index (χ4n) is 0.636. The highest BCUT2D eigenvalue weighted by atomic mass is 16.7. The van der Waals surface area contributed by atoms with Crippen LogP contribution < -0.4 is 5.11 Å². The molecule has 12 heavy (non-hydrogen) atoms. The van der Waals surface area contributed by atoms with E-state index >= 15 is 0 Å². The Hall–Kier alpha value is -1.65. The quantitative estimate of drug-likeness (QED) is 0.534. The van der Waals surface area contributed by atoms with Gasteiger partial charge in [0.05, 0.1) is 0 Å². The van der Waals surface area contributed by atoms with Crippen LogP contribution >= 0.6 is 0 Å². The lowest BCUT2D eigenvalue weighted by molar-refractivity contribution is -0.301. The Morgan fingerprint density at radius 1 is 1.75 bits per heavy atom. The van der Waals surface area contributed by atoms with Crippen molar-refractivity contribution in [2.75, 3.05) is 7.05 Å². The molecule has 1 aliphatic heterocycles. The molecule has 0 atom stereocenters. The van der Waals surface area contributed by atoms with Crippen LogP contribution in [0.2, 0.25) is 0 Å². The lowest BCUT2D eigenvalue weighted by atomic mass is 10.4. The number of hydroxylamine groups is 1. The van der Waals surface area contributed by atoms with E-state index < -0.39 is 6.09 Å². The highest BCUT2D eigenvalue weighted by Crippen LogP contribution is 2.20. The van der Waals surface area contributed by atoms with Gasteiger partial charge in [-0.1, -0.05) is 26.1 Å². The van der Waals surface area contributed by atoms with Gasteiger partial charge < -0.3 is 14.8 Å². The molecule has 0 radical (unpaired) electrons. The molecule has 1 rings (SSSR count). The molecule has 0 saturated carbocycles. The second-order valence-electron chi connectivity index (χ2n) is 2.31. The first-order valence-electron chi connectivity index (χ1n) is 3.32. The van der Waals surface area contributed by atoms with Gasteiger partial charge in [-0.05, 0) is 5.82 Å². The molecule has 0 aromatic carbocycles. The van der Waals surface area contributed by atoms with E-state index in [9.17, 15) is 9.90 Å². The molecular weight excluding hydrogens is 160 g/mol. The number of nitrogens with zero attached hydrogens (tertiary/aromatic N) is 2. The normalized spacial score (nSPS) is 21.2. The van der Waals surface area contributed by atoms with Gasteiger partial charge in [0.15, 0.2) is 0 Å². The Labute approximate surface area is 69.9 Å². The summed E-state index contributed by atoms with van der Waals surface area (Å²) in [6.07, 6.45) is 2.20. The maximum Gasteiger partial charge on any atom is 0.337 e. The Kier molecular flexibility index (Phi) is 2.23. The van der Waals surface area contributed by atoms with Gasteiger partial charge in [0.1, 0.15) is 0 Å². The largest absolute Gasteiger partial charge is 0.876 e. The summed E-state index contributed by atoms with van der Waals surface area (Å²) in [6, 6.07) is 0. The summed E-state index contributed by atoms with van der Waals surface area (Å²) in [7, 11) is 1.51. The minimum Gasteiger partial charge on any atom is -0.876 e. The predicted octanol–water partition coefficient (Wildman–Crippen LogP) is 0.463. The molecule has 0 bridgehead atoms. The molecule has 1 amide bonds. The molecule has 5 nitrogen and oxygen atoms in total. The summed E-state index contributed by atoms with van der Waals surface area (Å²) in [5.74, 6) is 0.223. The third-order valence-electron chi connectivity index (χ3n) is 1.30. The van der Waals surface area contributed by atoms with Gasteiger partial charge in [-0.2, -0.15) is 0 Å². The van der Waals surface area contributed by atoms with Crippen molar-refractivity contribution in [1.82, 2.24) is 4.90 Å². The van der Waals surface area contributed by atoms with Crippen LogP contribution in [0.25, 0.3) is 5.48 Å². The van der Waals surface area contributed by atoms with E-state index in [1.54, 1.807) is 0 Å². The van der Waals surface area contributed by atoms with E-state index in [0.29, 0.717) is 5.82 Å². The minimum atomic E-state index is -0.543. The van der Waals surface area contributed by atoms with Crippen molar-refractivity contribution < 1.29 is 14.7 Å². The van der Waals surface area contributed by atoms with Crippen molar-refractivity contribution in [1.29, 1.82) is 0 Å². The number of hydrogen-bond donors (Lipinski definition) is 0. The Morgan fingerprint density at radius 2 is 2.42 bits per heavy atom. The van der Waals surface area contributed by atoms with Crippen molar-refractivity contribution in [3.63, 3.8) is 0 Å². The summed E-state index contributed by atoms with van der Waals surface area (Å²) in [5, 5.41) is 10.5. The second kappa shape index (κ2) is 3.17. The van der Waals surface area contributed by atoms with Crippen LogP contribution in [0.1, 0.15) is 6.92 Å². The van der Waals surface area contributed by atoms with Gasteiger partial charge in [-0.3, -0.25) is 5.48 Å². The van der Waals surface area contributed by atoms with Gasteiger partial charge in [0, 0.05) is 0 Å². The van der Waals surface area contributed by atoms with E-state index in [-0.39, 0.29) is 5.76 Å². The van der Waals surface area contributed by atoms with E-state index in [1.165, 1.54) is 31.0 Å². The first-order chi connectivity index (χ1) is 5.61. The summed E-state index contributed by atoms with van der Waals surface area (Å²) >= 11 is 0. The number of carbonyl (C=O) groups excluding carboxylic acids is 1. The molecule has 0 unspecified atom stereocenters. The summed E-state index contributed by atoms with van der Waals surface area (Å²) in [5.41, 5.74) is 3.42. The van der Waals surface area contributed by atoms with E-state index in [4.69, 9.17) is 0 Å². The smallest absolute Gasteiger partial charge is 0.337 e. The van der Waals surface area contributed by atoms with Gasteiger partial charge in [-0.25, -0.2) is 4.79 Å². The lowest BCUT2D eigenvalue weighted by Gasteiger charge is -2.14. The first-order valence-corrected chi connectivity index (χ1v) is 3.32. The van der Waals surface area contributed by atoms with Crippen molar-refractivity contribution in [3.8, 4) is 0 Å². The highest BCUT2D eigenvalue weighted by Gasteiger charge is 2.11. The zero-order valence-electron chi connectivity index (χ0n) is 6.77. The summed E-state index contributed by atoms with van der Waals surface area (Å²) in [6.45, 7) is 1.41. The molecule has 1 saturated heterocycles. The average molecular weight is 168 g/mol. The Bertz CT molecular complexity index is 253. The van der Waals surface area contributed by atoms with Crippen LogP contribution in [-0.4, -0.2) is 18.0 Å². The monoisotopic (exact) mass is 168 g/mol. The van der Waals surface area contributed by atoms with Crippen LogP contribution in [0.3, 0.4) is 0 Å². The van der Waals surface area contributed by atoms with Crippen LogP contribution in [0.5, 0.6) is 0 Å². The van der Waals surface area contributed by atoms with Gasteiger partial charge >= 0.3 is 6.09 Å². The second-order valence-corrected chi connectivity index (χ2v) is 2.31. The molecule has 0 N–H and O–H groups in total. The summed E-state index contributed by atoms with van der Waals surface area (Å²) < 4.78 is 0. The number of allylic oxidation sites excluding steroid dienone is 3. The molecule has 1 heterocycles. The Balaban J connectivity index is 2.71.